The van der Waals surface area contributed by atoms with Gasteiger partial charge in [-0.2, -0.15) is 0 Å². The Labute approximate surface area is 95.7 Å². The Hall–Kier alpha value is -1.85. The molecule has 2 aromatic rings. The fraction of sp³-hybridized carbons (Fsp3) is 0.214. The predicted molar refractivity (Wildman–Crippen MR) is 66.9 cm³/mol. The Balaban J connectivity index is 2.19. The smallest absolute Gasteiger partial charge is 0.0579 e. The zero-order valence-corrected chi connectivity index (χ0v) is 9.33. The summed E-state index contributed by atoms with van der Waals surface area (Å²) >= 11 is 0. The van der Waals surface area contributed by atoms with Gasteiger partial charge < -0.3 is 5.32 Å². The molecule has 0 spiro atoms. The number of nitrogens with one attached hydrogen (secondary N) is 1. The third kappa shape index (κ3) is 2.39. The van der Waals surface area contributed by atoms with Gasteiger partial charge in [0.25, 0.3) is 0 Å². The number of rotatable bonds is 3. The van der Waals surface area contributed by atoms with Gasteiger partial charge in [0.2, 0.25) is 0 Å². The number of aromatic nitrogens is 1. The molecule has 1 aromatic heterocycles. The lowest BCUT2D eigenvalue weighted by molar-refractivity contribution is 0.772. The van der Waals surface area contributed by atoms with Gasteiger partial charge in [-0.25, -0.2) is 0 Å². The molecule has 2 nitrogen and oxygen atoms in total. The first-order chi connectivity index (χ1) is 7.92. The van der Waals surface area contributed by atoms with Gasteiger partial charge in [0.05, 0.1) is 6.54 Å². The van der Waals surface area contributed by atoms with E-state index in [-0.39, 0.29) is 0 Å². The van der Waals surface area contributed by atoms with Crippen LogP contribution in [0.25, 0.3) is 10.8 Å². The van der Waals surface area contributed by atoms with Crippen molar-refractivity contribution in [1.29, 1.82) is 0 Å². The number of pyridine rings is 1. The van der Waals surface area contributed by atoms with Crippen molar-refractivity contribution < 1.29 is 0 Å². The van der Waals surface area contributed by atoms with E-state index in [1.165, 1.54) is 16.3 Å². The van der Waals surface area contributed by atoms with Crippen LogP contribution in [0.3, 0.4) is 0 Å². The summed E-state index contributed by atoms with van der Waals surface area (Å²) < 4.78 is 0. The molecule has 0 aliphatic heterocycles. The minimum absolute atomic E-state index is 0.722. The Morgan fingerprint density at radius 1 is 1.25 bits per heavy atom. The lowest BCUT2D eigenvalue weighted by Crippen LogP contribution is -2.13. The van der Waals surface area contributed by atoms with E-state index in [2.05, 4.69) is 40.3 Å². The maximum atomic E-state index is 4.24. The third-order valence-corrected chi connectivity index (χ3v) is 2.46. The minimum atomic E-state index is 0.722. The average Bonchev–Trinajstić information content (AvgIpc) is 2.35. The molecule has 1 N–H and O–H groups in total. The number of fused-ring (bicyclic) bond motifs is 1. The summed E-state index contributed by atoms with van der Waals surface area (Å²) in [4.78, 5) is 4.24. The highest BCUT2D eigenvalue weighted by Crippen LogP contribution is 2.16. The van der Waals surface area contributed by atoms with Gasteiger partial charge in [0.15, 0.2) is 0 Å². The van der Waals surface area contributed by atoms with Crippen LogP contribution in [0, 0.1) is 11.8 Å². The number of hydrogen-bond acceptors (Lipinski definition) is 2. The molecular formula is C14H14N2. The molecule has 0 atom stereocenters. The normalized spacial score (nSPS) is 9.81. The van der Waals surface area contributed by atoms with Gasteiger partial charge in [0.1, 0.15) is 0 Å². The molecule has 0 amide bonds. The Bertz CT molecular complexity index is 530. The van der Waals surface area contributed by atoms with Crippen LogP contribution in [-0.2, 0) is 6.54 Å². The fourth-order valence-electron chi connectivity index (χ4n) is 1.67. The molecule has 0 aliphatic carbocycles. The Morgan fingerprint density at radius 3 is 3.00 bits per heavy atom. The predicted octanol–water partition coefficient (Wildman–Crippen LogP) is 2.35. The van der Waals surface area contributed by atoms with Gasteiger partial charge in [-0.3, -0.25) is 4.98 Å². The summed E-state index contributed by atoms with van der Waals surface area (Å²) in [5, 5.41) is 5.72. The van der Waals surface area contributed by atoms with Crippen LogP contribution in [0.5, 0.6) is 0 Å². The molecule has 0 saturated heterocycles. The molecule has 0 bridgehead atoms. The van der Waals surface area contributed by atoms with Crippen LogP contribution in [0.2, 0.25) is 0 Å². The Morgan fingerprint density at radius 2 is 2.12 bits per heavy atom. The van der Waals surface area contributed by atoms with Crippen LogP contribution >= 0.6 is 0 Å². The van der Waals surface area contributed by atoms with E-state index in [0.717, 1.165) is 13.1 Å². The minimum Gasteiger partial charge on any atom is -0.302 e. The van der Waals surface area contributed by atoms with Crippen molar-refractivity contribution in [2.24, 2.45) is 0 Å². The van der Waals surface area contributed by atoms with Gasteiger partial charge in [0, 0.05) is 24.3 Å². The first-order valence-corrected chi connectivity index (χ1v) is 5.34. The zero-order chi connectivity index (χ0) is 11.2. The van der Waals surface area contributed by atoms with Crippen molar-refractivity contribution >= 4 is 10.8 Å². The van der Waals surface area contributed by atoms with Crippen molar-refractivity contribution in [3.05, 3.63) is 42.2 Å². The van der Waals surface area contributed by atoms with Crippen molar-refractivity contribution in [3.63, 3.8) is 0 Å². The molecule has 0 radical (unpaired) electrons. The van der Waals surface area contributed by atoms with E-state index in [4.69, 9.17) is 0 Å². The topological polar surface area (TPSA) is 24.9 Å². The summed E-state index contributed by atoms with van der Waals surface area (Å²) in [6.45, 7) is 3.38. The number of hydrogen-bond donors (Lipinski definition) is 1. The van der Waals surface area contributed by atoms with Crippen LogP contribution in [0.4, 0.5) is 0 Å². The highest BCUT2D eigenvalue weighted by molar-refractivity contribution is 5.84. The quantitative estimate of drug-likeness (QED) is 0.621. The SMILES string of the molecule is CC#CCNCc1cncc2ccccc12. The van der Waals surface area contributed by atoms with Gasteiger partial charge >= 0.3 is 0 Å². The molecule has 2 rings (SSSR count). The highest BCUT2D eigenvalue weighted by atomic mass is 14.8. The summed E-state index contributed by atoms with van der Waals surface area (Å²) in [6, 6.07) is 8.29. The molecule has 2 heteroatoms. The Kier molecular flexibility index (Phi) is 3.53. The van der Waals surface area contributed by atoms with Crippen molar-refractivity contribution in [2.75, 3.05) is 6.54 Å². The van der Waals surface area contributed by atoms with E-state index in [1.807, 2.05) is 25.4 Å². The fourth-order valence-corrected chi connectivity index (χ4v) is 1.67. The lowest BCUT2D eigenvalue weighted by Gasteiger charge is -2.05. The molecule has 1 aromatic carbocycles. The van der Waals surface area contributed by atoms with Crippen molar-refractivity contribution in [2.45, 2.75) is 13.5 Å². The molecule has 16 heavy (non-hydrogen) atoms. The van der Waals surface area contributed by atoms with Gasteiger partial charge in [-0.15, -0.1) is 5.92 Å². The molecule has 0 saturated carbocycles. The van der Waals surface area contributed by atoms with Gasteiger partial charge in [-0.05, 0) is 17.9 Å². The average molecular weight is 210 g/mol. The zero-order valence-electron chi connectivity index (χ0n) is 9.33. The highest BCUT2D eigenvalue weighted by Gasteiger charge is 1.99. The summed E-state index contributed by atoms with van der Waals surface area (Å²) in [6.07, 6.45) is 3.80. The molecule has 0 unspecified atom stereocenters. The molecule has 0 fully saturated rings. The summed E-state index contributed by atoms with van der Waals surface area (Å²) in [5.74, 6) is 5.85. The van der Waals surface area contributed by atoms with Gasteiger partial charge in [-0.1, -0.05) is 30.2 Å². The first kappa shape index (κ1) is 10.7. The molecule has 0 aliphatic rings. The van der Waals surface area contributed by atoms with Crippen LogP contribution in [0.1, 0.15) is 12.5 Å². The molecule has 80 valence electrons. The van der Waals surface area contributed by atoms with E-state index < -0.39 is 0 Å². The van der Waals surface area contributed by atoms with E-state index in [1.54, 1.807) is 0 Å². The maximum Gasteiger partial charge on any atom is 0.0579 e. The lowest BCUT2D eigenvalue weighted by atomic mass is 10.1. The standard InChI is InChI=1S/C14H14N2/c1-2-3-8-15-10-13-11-16-9-12-6-4-5-7-14(12)13/h4-7,9,11,15H,8,10H2,1H3. The number of nitrogens with zero attached hydrogens (tertiary/aromatic N) is 1. The van der Waals surface area contributed by atoms with E-state index >= 15 is 0 Å². The monoisotopic (exact) mass is 210 g/mol. The molecular weight excluding hydrogens is 196 g/mol. The first-order valence-electron chi connectivity index (χ1n) is 5.34. The largest absolute Gasteiger partial charge is 0.302 e. The third-order valence-electron chi connectivity index (χ3n) is 2.46. The van der Waals surface area contributed by atoms with Crippen molar-refractivity contribution in [3.8, 4) is 11.8 Å². The van der Waals surface area contributed by atoms with Crippen molar-refractivity contribution in [1.82, 2.24) is 10.3 Å². The second-order valence-corrected chi connectivity index (χ2v) is 3.55. The van der Waals surface area contributed by atoms with Crippen LogP contribution < -0.4 is 5.32 Å². The van der Waals surface area contributed by atoms with E-state index in [9.17, 15) is 0 Å². The van der Waals surface area contributed by atoms with Crippen LogP contribution in [-0.4, -0.2) is 11.5 Å². The number of benzene rings is 1. The second kappa shape index (κ2) is 5.29. The second-order valence-electron chi connectivity index (χ2n) is 3.55. The summed E-state index contributed by atoms with van der Waals surface area (Å²) in [5.41, 5.74) is 1.22. The van der Waals surface area contributed by atoms with E-state index in [0.29, 0.717) is 0 Å². The summed E-state index contributed by atoms with van der Waals surface area (Å²) in [7, 11) is 0. The maximum absolute atomic E-state index is 4.24. The van der Waals surface area contributed by atoms with Crippen LogP contribution in [0.15, 0.2) is 36.7 Å². The molecule has 1 heterocycles.